The van der Waals surface area contributed by atoms with E-state index in [-0.39, 0.29) is 30.6 Å². The fraction of sp³-hybridized carbons (Fsp3) is 0.619. The minimum Gasteiger partial charge on any atom is -0.491 e. The molecule has 0 heterocycles. The van der Waals surface area contributed by atoms with E-state index < -0.39 is 5.97 Å². The molecule has 2 aliphatic carbocycles. The maximum atomic E-state index is 12.4. The Morgan fingerprint density at radius 2 is 1.93 bits per heavy atom. The molecule has 0 aromatic heterocycles. The van der Waals surface area contributed by atoms with Gasteiger partial charge in [0.15, 0.2) is 0 Å². The molecule has 27 heavy (non-hydrogen) atoms. The van der Waals surface area contributed by atoms with Crippen molar-refractivity contribution >= 4 is 11.9 Å². The number of carbonyl (C=O) groups excluding carboxylic acids is 1. The van der Waals surface area contributed by atoms with Gasteiger partial charge in [-0.15, -0.1) is 0 Å². The zero-order valence-corrected chi connectivity index (χ0v) is 16.2. The van der Waals surface area contributed by atoms with Crippen LogP contribution in [-0.2, 0) is 4.79 Å². The maximum absolute atomic E-state index is 12.4. The predicted octanol–water partition coefficient (Wildman–Crippen LogP) is 2.92. The zero-order valence-electron chi connectivity index (χ0n) is 16.2. The molecule has 1 unspecified atom stereocenters. The molecule has 6 nitrogen and oxygen atoms in total. The molecule has 0 saturated heterocycles. The van der Waals surface area contributed by atoms with Crippen LogP contribution in [0.3, 0.4) is 0 Å². The lowest BCUT2D eigenvalue weighted by atomic mass is 9.85. The Bertz CT molecular complexity index is 651. The fourth-order valence-corrected chi connectivity index (χ4v) is 3.42. The largest absolute Gasteiger partial charge is 0.491 e. The van der Waals surface area contributed by atoms with E-state index in [0.717, 1.165) is 31.6 Å². The summed E-state index contributed by atoms with van der Waals surface area (Å²) in [4.78, 5) is 25.6. The molecule has 1 aromatic carbocycles. The normalized spacial score (nSPS) is 22.8. The molecule has 2 aliphatic rings. The molecule has 1 atom stereocenters. The minimum absolute atomic E-state index is 0.0829. The van der Waals surface area contributed by atoms with Gasteiger partial charge in [0, 0.05) is 24.2 Å². The van der Waals surface area contributed by atoms with Crippen LogP contribution < -0.4 is 10.1 Å². The summed E-state index contributed by atoms with van der Waals surface area (Å²) in [6.45, 7) is 5.06. The van der Waals surface area contributed by atoms with E-state index in [1.165, 1.54) is 12.8 Å². The van der Waals surface area contributed by atoms with Crippen molar-refractivity contribution in [2.75, 3.05) is 13.1 Å². The molecule has 0 aliphatic heterocycles. The van der Waals surface area contributed by atoms with Gasteiger partial charge >= 0.3 is 5.97 Å². The summed E-state index contributed by atoms with van der Waals surface area (Å²) in [5.41, 5.74) is 0.621. The minimum atomic E-state index is -0.775. The highest BCUT2D eigenvalue weighted by molar-refractivity contribution is 5.94. The molecule has 0 bridgehead atoms. The van der Waals surface area contributed by atoms with Gasteiger partial charge in [0.1, 0.15) is 5.75 Å². The summed E-state index contributed by atoms with van der Waals surface area (Å²) >= 11 is 0. The number of hydrogen-bond donors (Lipinski definition) is 2. The van der Waals surface area contributed by atoms with Crippen LogP contribution in [0.25, 0.3) is 0 Å². The Balaban J connectivity index is 1.45. The van der Waals surface area contributed by atoms with Crippen LogP contribution in [0, 0.1) is 5.92 Å². The lowest BCUT2D eigenvalue weighted by Gasteiger charge is -2.42. The molecular weight excluding hydrogens is 344 g/mol. The van der Waals surface area contributed by atoms with Gasteiger partial charge in [-0.25, -0.2) is 0 Å². The number of nitrogens with one attached hydrogen (secondary N) is 1. The summed E-state index contributed by atoms with van der Waals surface area (Å²) in [5.74, 6) is 0.575. The number of carboxylic acids is 1. The second kappa shape index (κ2) is 8.74. The first-order valence-corrected chi connectivity index (χ1v) is 9.98. The molecule has 0 spiro atoms. The van der Waals surface area contributed by atoms with Crippen molar-refractivity contribution < 1.29 is 19.4 Å². The van der Waals surface area contributed by atoms with Crippen molar-refractivity contribution in [1.29, 1.82) is 0 Å². The predicted molar refractivity (Wildman–Crippen MR) is 103 cm³/mol. The van der Waals surface area contributed by atoms with Crippen LogP contribution in [0.4, 0.5) is 0 Å². The lowest BCUT2D eigenvalue weighted by molar-refractivity contribution is -0.139. The second-order valence-corrected chi connectivity index (χ2v) is 7.92. The van der Waals surface area contributed by atoms with Gasteiger partial charge in [-0.3, -0.25) is 14.5 Å². The van der Waals surface area contributed by atoms with Crippen LogP contribution in [0.15, 0.2) is 24.3 Å². The number of nitrogens with zero attached hydrogens (tertiary/aromatic N) is 1. The molecule has 148 valence electrons. The van der Waals surface area contributed by atoms with Gasteiger partial charge in [-0.05, 0) is 69.2 Å². The van der Waals surface area contributed by atoms with Gasteiger partial charge in [0.25, 0.3) is 5.91 Å². The summed E-state index contributed by atoms with van der Waals surface area (Å²) < 4.78 is 5.74. The highest BCUT2D eigenvalue weighted by Gasteiger charge is 2.37. The summed E-state index contributed by atoms with van der Waals surface area (Å²) in [5, 5.41) is 12.2. The second-order valence-electron chi connectivity index (χ2n) is 7.92. The van der Waals surface area contributed by atoms with E-state index in [2.05, 4.69) is 17.1 Å². The van der Waals surface area contributed by atoms with E-state index in [1.807, 2.05) is 19.1 Å². The van der Waals surface area contributed by atoms with Gasteiger partial charge < -0.3 is 15.2 Å². The van der Waals surface area contributed by atoms with E-state index in [4.69, 9.17) is 9.84 Å². The number of ether oxygens (including phenoxy) is 1. The Morgan fingerprint density at radius 3 is 2.48 bits per heavy atom. The molecular formula is C21H30N2O4. The van der Waals surface area contributed by atoms with E-state index in [1.54, 1.807) is 12.1 Å². The molecule has 0 radical (unpaired) electrons. The van der Waals surface area contributed by atoms with Crippen molar-refractivity contribution in [2.24, 2.45) is 5.92 Å². The molecule has 6 heteroatoms. The van der Waals surface area contributed by atoms with Crippen molar-refractivity contribution in [2.45, 2.75) is 64.1 Å². The fourth-order valence-electron chi connectivity index (χ4n) is 3.42. The van der Waals surface area contributed by atoms with E-state index in [0.29, 0.717) is 11.5 Å². The summed E-state index contributed by atoms with van der Waals surface area (Å²) in [6, 6.07) is 7.61. The highest BCUT2D eigenvalue weighted by Crippen LogP contribution is 2.33. The van der Waals surface area contributed by atoms with Crippen LogP contribution in [0.5, 0.6) is 5.75 Å². The van der Waals surface area contributed by atoms with Gasteiger partial charge in [-0.2, -0.15) is 0 Å². The Morgan fingerprint density at radius 1 is 1.26 bits per heavy atom. The first kappa shape index (κ1) is 19.7. The Hall–Kier alpha value is -2.08. The van der Waals surface area contributed by atoms with Crippen LogP contribution in [0.2, 0.25) is 0 Å². The standard InChI is InChI=1S/C21H30N2O4/c1-3-14(2)27-19-8-6-16(7-9-19)21(26)22-17-10-18(11-17)23(13-20(24)25)12-15-4-5-15/h6-9,14-15,17-18H,3-5,10-13H2,1-2H3,(H,22,26)(H,24,25). The number of rotatable bonds is 10. The molecule has 3 rings (SSSR count). The third kappa shape index (κ3) is 5.70. The molecule has 2 saturated carbocycles. The number of hydrogen-bond acceptors (Lipinski definition) is 4. The van der Waals surface area contributed by atoms with Gasteiger partial charge in [0.05, 0.1) is 12.6 Å². The third-order valence-corrected chi connectivity index (χ3v) is 5.52. The summed E-state index contributed by atoms with van der Waals surface area (Å²) in [7, 11) is 0. The molecule has 1 amide bonds. The van der Waals surface area contributed by atoms with Crippen LogP contribution >= 0.6 is 0 Å². The van der Waals surface area contributed by atoms with Gasteiger partial charge in [-0.1, -0.05) is 6.92 Å². The average molecular weight is 374 g/mol. The number of aliphatic carboxylic acids is 1. The Kier molecular flexibility index (Phi) is 6.37. The van der Waals surface area contributed by atoms with E-state index in [9.17, 15) is 9.59 Å². The van der Waals surface area contributed by atoms with E-state index >= 15 is 0 Å². The summed E-state index contributed by atoms with van der Waals surface area (Å²) in [6.07, 6.45) is 5.15. The number of carboxylic acid groups (broad SMARTS) is 1. The molecule has 1 aromatic rings. The highest BCUT2D eigenvalue weighted by atomic mass is 16.5. The lowest BCUT2D eigenvalue weighted by Crippen LogP contribution is -2.55. The van der Waals surface area contributed by atoms with Gasteiger partial charge in [0.2, 0.25) is 0 Å². The van der Waals surface area contributed by atoms with Crippen molar-refractivity contribution in [3.8, 4) is 5.75 Å². The van der Waals surface area contributed by atoms with Crippen LogP contribution in [0.1, 0.15) is 56.3 Å². The van der Waals surface area contributed by atoms with Crippen molar-refractivity contribution in [3.63, 3.8) is 0 Å². The van der Waals surface area contributed by atoms with Crippen molar-refractivity contribution in [1.82, 2.24) is 10.2 Å². The average Bonchev–Trinajstić information content (AvgIpc) is 3.41. The quantitative estimate of drug-likeness (QED) is 0.658. The Labute approximate surface area is 160 Å². The smallest absolute Gasteiger partial charge is 0.317 e. The monoisotopic (exact) mass is 374 g/mol. The molecule has 2 fully saturated rings. The first-order chi connectivity index (χ1) is 12.9. The van der Waals surface area contributed by atoms with Crippen LogP contribution in [-0.4, -0.2) is 53.2 Å². The van der Waals surface area contributed by atoms with Crippen molar-refractivity contribution in [3.05, 3.63) is 29.8 Å². The maximum Gasteiger partial charge on any atom is 0.317 e. The first-order valence-electron chi connectivity index (χ1n) is 9.98. The zero-order chi connectivity index (χ0) is 19.4. The SMILES string of the molecule is CCC(C)Oc1ccc(C(=O)NC2CC(N(CC(=O)O)CC3CC3)C2)cc1. The number of carbonyl (C=O) groups is 2. The molecule has 2 N–H and O–H groups in total. The number of benzene rings is 1. The third-order valence-electron chi connectivity index (χ3n) is 5.52. The number of amides is 1. The topological polar surface area (TPSA) is 78.9 Å².